The average molecular weight is 496 g/mol. The van der Waals surface area contributed by atoms with Gasteiger partial charge in [-0.2, -0.15) is 5.10 Å². The van der Waals surface area contributed by atoms with Gasteiger partial charge in [0, 0.05) is 63.2 Å². The van der Waals surface area contributed by atoms with Crippen molar-refractivity contribution in [1.29, 1.82) is 0 Å². The summed E-state index contributed by atoms with van der Waals surface area (Å²) >= 11 is 6.14. The zero-order valence-corrected chi connectivity index (χ0v) is 20.8. The molecule has 7 nitrogen and oxygen atoms in total. The van der Waals surface area contributed by atoms with Crippen LogP contribution in [0.3, 0.4) is 0 Å². The number of nitrogens with zero attached hydrogens (tertiary/aromatic N) is 4. The molecule has 0 radical (unpaired) electrons. The lowest BCUT2D eigenvalue weighted by Crippen LogP contribution is -2.48. The molecule has 0 saturated carbocycles. The molecule has 1 saturated heterocycles. The van der Waals surface area contributed by atoms with E-state index in [1.807, 2.05) is 29.1 Å². The molecule has 0 bridgehead atoms. The number of rotatable bonds is 12. The van der Waals surface area contributed by atoms with Gasteiger partial charge in [0.05, 0.1) is 12.6 Å². The summed E-state index contributed by atoms with van der Waals surface area (Å²) in [7, 11) is 0. The fourth-order valence-electron chi connectivity index (χ4n) is 4.45. The zero-order valence-electron chi connectivity index (χ0n) is 20.1. The fourth-order valence-corrected chi connectivity index (χ4v) is 4.58. The molecule has 1 fully saturated rings. The Balaban J connectivity index is 1.16. The van der Waals surface area contributed by atoms with Crippen molar-refractivity contribution >= 4 is 17.5 Å². The predicted molar refractivity (Wildman–Crippen MR) is 138 cm³/mol. The van der Waals surface area contributed by atoms with Gasteiger partial charge in [0.2, 0.25) is 5.91 Å². The van der Waals surface area contributed by atoms with E-state index in [0.717, 1.165) is 50.7 Å². The lowest BCUT2D eigenvalue weighted by atomic mass is 9.96. The van der Waals surface area contributed by atoms with Crippen molar-refractivity contribution in [1.82, 2.24) is 24.9 Å². The Morgan fingerprint density at radius 1 is 0.971 bits per heavy atom. The SMILES string of the molecule is O=C(COCCN1CCN(C(c2ccccc2)c2ccc(Cl)cc2)CC1)NCCCn1cccn1. The number of halogens is 1. The zero-order chi connectivity index (χ0) is 24.3. The van der Waals surface area contributed by atoms with Gasteiger partial charge in [-0.15, -0.1) is 0 Å². The second-order valence-corrected chi connectivity index (χ2v) is 9.20. The summed E-state index contributed by atoms with van der Waals surface area (Å²) in [6.45, 7) is 6.80. The highest BCUT2D eigenvalue weighted by molar-refractivity contribution is 6.30. The van der Waals surface area contributed by atoms with E-state index in [9.17, 15) is 4.79 Å². The van der Waals surface area contributed by atoms with E-state index >= 15 is 0 Å². The van der Waals surface area contributed by atoms with E-state index in [0.29, 0.717) is 13.2 Å². The summed E-state index contributed by atoms with van der Waals surface area (Å²) < 4.78 is 7.49. The van der Waals surface area contributed by atoms with Gasteiger partial charge in [-0.3, -0.25) is 19.3 Å². The molecule has 0 aliphatic carbocycles. The number of carbonyl (C=O) groups is 1. The van der Waals surface area contributed by atoms with Gasteiger partial charge in [0.15, 0.2) is 0 Å². The van der Waals surface area contributed by atoms with Crippen molar-refractivity contribution in [3.8, 4) is 0 Å². The van der Waals surface area contributed by atoms with E-state index < -0.39 is 0 Å². The summed E-state index contributed by atoms with van der Waals surface area (Å²) in [6.07, 6.45) is 4.52. The van der Waals surface area contributed by atoms with Crippen LogP contribution >= 0.6 is 11.6 Å². The Labute approximate surface area is 212 Å². The Bertz CT molecular complexity index is 1010. The first-order valence-electron chi connectivity index (χ1n) is 12.3. The number of carbonyl (C=O) groups excluding carboxylic acids is 1. The van der Waals surface area contributed by atoms with Crippen LogP contribution in [0.5, 0.6) is 0 Å². The highest BCUT2D eigenvalue weighted by Gasteiger charge is 2.26. The summed E-state index contributed by atoms with van der Waals surface area (Å²) in [5, 5.41) is 7.81. The van der Waals surface area contributed by atoms with Gasteiger partial charge in [0.25, 0.3) is 0 Å². The van der Waals surface area contributed by atoms with Crippen LogP contribution in [-0.4, -0.2) is 78.0 Å². The first-order valence-corrected chi connectivity index (χ1v) is 12.7. The number of ether oxygens (including phenoxy) is 1. The number of amides is 1. The minimum absolute atomic E-state index is 0.0658. The molecular weight excluding hydrogens is 462 g/mol. The molecule has 1 aliphatic heterocycles. The van der Waals surface area contributed by atoms with Gasteiger partial charge >= 0.3 is 0 Å². The number of hydrogen-bond acceptors (Lipinski definition) is 5. The molecule has 1 N–H and O–H groups in total. The van der Waals surface area contributed by atoms with Gasteiger partial charge in [-0.25, -0.2) is 0 Å². The molecule has 2 aromatic carbocycles. The Morgan fingerprint density at radius 3 is 2.43 bits per heavy atom. The van der Waals surface area contributed by atoms with Crippen LogP contribution in [0.15, 0.2) is 73.1 Å². The molecule has 35 heavy (non-hydrogen) atoms. The van der Waals surface area contributed by atoms with Crippen LogP contribution < -0.4 is 5.32 Å². The second-order valence-electron chi connectivity index (χ2n) is 8.77. The third-order valence-corrected chi connectivity index (χ3v) is 6.56. The Kier molecular flexibility index (Phi) is 9.72. The number of nitrogens with one attached hydrogen (secondary N) is 1. The summed E-state index contributed by atoms with van der Waals surface area (Å²) in [4.78, 5) is 16.9. The smallest absolute Gasteiger partial charge is 0.245 e. The summed E-state index contributed by atoms with van der Waals surface area (Å²) in [6, 6.07) is 20.9. The highest BCUT2D eigenvalue weighted by atomic mass is 35.5. The molecule has 1 atom stereocenters. The first-order chi connectivity index (χ1) is 17.2. The number of aromatic nitrogens is 2. The average Bonchev–Trinajstić information content (AvgIpc) is 3.41. The molecule has 1 unspecified atom stereocenters. The van der Waals surface area contributed by atoms with Crippen LogP contribution in [0.2, 0.25) is 5.02 Å². The monoisotopic (exact) mass is 495 g/mol. The number of hydrogen-bond donors (Lipinski definition) is 1. The molecule has 1 amide bonds. The molecule has 2 heterocycles. The second kappa shape index (κ2) is 13.4. The predicted octanol–water partition coefficient (Wildman–Crippen LogP) is 3.47. The standard InChI is InChI=1S/C27H34ClN5O2/c28-25-10-8-24(9-11-25)27(23-6-2-1-3-7-23)32-18-16-31(17-19-32)20-21-35-22-26(34)29-12-4-14-33-15-5-13-30-33/h1-3,5-11,13,15,27H,4,12,14,16-22H2,(H,29,34). The van der Waals surface area contributed by atoms with Crippen molar-refractivity contribution in [3.05, 3.63) is 89.2 Å². The van der Waals surface area contributed by atoms with Crippen molar-refractivity contribution in [2.45, 2.75) is 19.0 Å². The summed E-state index contributed by atoms with van der Waals surface area (Å²) in [5.41, 5.74) is 2.55. The lowest BCUT2D eigenvalue weighted by Gasteiger charge is -2.39. The minimum Gasteiger partial charge on any atom is -0.370 e. The van der Waals surface area contributed by atoms with Crippen molar-refractivity contribution in [3.63, 3.8) is 0 Å². The maximum absolute atomic E-state index is 12.0. The van der Waals surface area contributed by atoms with Gasteiger partial charge < -0.3 is 10.1 Å². The van der Waals surface area contributed by atoms with E-state index in [4.69, 9.17) is 16.3 Å². The third-order valence-electron chi connectivity index (χ3n) is 6.30. The highest BCUT2D eigenvalue weighted by Crippen LogP contribution is 2.30. The van der Waals surface area contributed by atoms with E-state index in [1.54, 1.807) is 6.20 Å². The molecule has 0 spiro atoms. The first kappa shape index (κ1) is 25.4. The van der Waals surface area contributed by atoms with Crippen LogP contribution in [-0.2, 0) is 16.1 Å². The van der Waals surface area contributed by atoms with Gasteiger partial charge in [-0.1, -0.05) is 54.1 Å². The Hall–Kier alpha value is -2.71. The minimum atomic E-state index is -0.0658. The normalized spacial score (nSPS) is 15.7. The van der Waals surface area contributed by atoms with Crippen LogP contribution in [0, 0.1) is 0 Å². The van der Waals surface area contributed by atoms with Gasteiger partial charge in [-0.05, 0) is 35.7 Å². The van der Waals surface area contributed by atoms with Crippen LogP contribution in [0.1, 0.15) is 23.6 Å². The quantitative estimate of drug-likeness (QED) is 0.390. The van der Waals surface area contributed by atoms with Crippen molar-refractivity contribution < 1.29 is 9.53 Å². The van der Waals surface area contributed by atoms with Crippen molar-refractivity contribution in [2.24, 2.45) is 0 Å². The van der Waals surface area contributed by atoms with E-state index in [1.165, 1.54) is 11.1 Å². The topological polar surface area (TPSA) is 62.6 Å². The van der Waals surface area contributed by atoms with Gasteiger partial charge in [0.1, 0.15) is 6.61 Å². The maximum atomic E-state index is 12.0. The lowest BCUT2D eigenvalue weighted by molar-refractivity contribution is -0.125. The number of benzene rings is 2. The third kappa shape index (κ3) is 7.90. The van der Waals surface area contributed by atoms with Crippen LogP contribution in [0.25, 0.3) is 0 Å². The molecule has 4 rings (SSSR count). The maximum Gasteiger partial charge on any atom is 0.245 e. The molecular formula is C27H34ClN5O2. The fraction of sp³-hybridized carbons (Fsp3) is 0.407. The molecule has 186 valence electrons. The molecule has 8 heteroatoms. The Morgan fingerprint density at radius 2 is 1.71 bits per heavy atom. The molecule has 3 aromatic rings. The molecule has 1 aliphatic rings. The van der Waals surface area contributed by atoms with Crippen LogP contribution in [0.4, 0.5) is 0 Å². The largest absolute Gasteiger partial charge is 0.370 e. The molecule has 1 aromatic heterocycles. The van der Waals surface area contributed by atoms with Crippen molar-refractivity contribution in [2.75, 3.05) is 52.5 Å². The number of piperazine rings is 1. The van der Waals surface area contributed by atoms with E-state index in [2.05, 4.69) is 62.7 Å². The summed E-state index contributed by atoms with van der Waals surface area (Å²) in [5.74, 6) is -0.0658. The van der Waals surface area contributed by atoms with E-state index in [-0.39, 0.29) is 18.6 Å². The number of aryl methyl sites for hydroxylation is 1.